The molecule has 0 saturated carbocycles. The monoisotopic (exact) mass is 603 g/mol. The average molecular weight is 604 g/mol. The molecule has 217 valence electrons. The van der Waals surface area contributed by atoms with E-state index in [1.165, 1.54) is 23.4 Å². The Hall–Kier alpha value is -3.70. The summed E-state index contributed by atoms with van der Waals surface area (Å²) in [5, 5.41) is 1.70. The summed E-state index contributed by atoms with van der Waals surface area (Å²) in [5.74, 6) is 0.794. The number of aromatic nitrogens is 2. The van der Waals surface area contributed by atoms with Crippen LogP contribution < -0.4 is 18.8 Å². The molecule has 10 nitrogen and oxygen atoms in total. The van der Waals surface area contributed by atoms with Crippen LogP contribution in [0.4, 0.5) is 9.59 Å². The lowest BCUT2D eigenvalue weighted by atomic mass is 10.2. The molecule has 13 heteroatoms. The summed E-state index contributed by atoms with van der Waals surface area (Å²) in [6, 6.07) is 9.64. The highest BCUT2D eigenvalue weighted by atomic mass is 35.5. The maximum atomic E-state index is 13.3. The quantitative estimate of drug-likeness (QED) is 0.209. The van der Waals surface area contributed by atoms with Gasteiger partial charge in [-0.2, -0.15) is 0 Å². The Kier molecular flexibility index (Phi) is 8.34. The third-order valence-corrected chi connectivity index (χ3v) is 6.27. The third kappa shape index (κ3) is 6.31. The minimum Gasteiger partial charge on any atom is -0.513 e. The fraction of sp³-hybridized carbons (Fsp3) is 0.357. The van der Waals surface area contributed by atoms with Crippen LogP contribution in [-0.2, 0) is 9.47 Å². The number of hydrogen-bond donors (Lipinski definition) is 0. The molecular formula is C28H30BCl2N2O8. The van der Waals surface area contributed by atoms with Gasteiger partial charge in [-0.05, 0) is 65.8 Å². The number of ether oxygens (including phenoxy) is 4. The second-order valence-corrected chi connectivity index (χ2v) is 11.8. The van der Waals surface area contributed by atoms with Gasteiger partial charge in [0.1, 0.15) is 33.7 Å². The highest BCUT2D eigenvalue weighted by molar-refractivity contribution is 6.36. The summed E-state index contributed by atoms with van der Waals surface area (Å²) < 4.78 is 36.2. The Bertz CT molecular complexity index is 1510. The molecule has 0 bridgehead atoms. The zero-order chi connectivity index (χ0) is 30.3. The maximum Gasteiger partial charge on any atom is 0.660 e. The van der Waals surface area contributed by atoms with Gasteiger partial charge in [0.05, 0.1) is 24.3 Å². The molecule has 0 unspecified atom stereocenters. The minimum atomic E-state index is -0.802. The van der Waals surface area contributed by atoms with E-state index in [1.807, 2.05) is 0 Å². The molecule has 2 aromatic heterocycles. The van der Waals surface area contributed by atoms with Crippen LogP contribution in [0.25, 0.3) is 21.8 Å². The van der Waals surface area contributed by atoms with Crippen molar-refractivity contribution in [2.45, 2.75) is 52.7 Å². The van der Waals surface area contributed by atoms with Crippen molar-refractivity contribution in [2.24, 2.45) is 0 Å². The summed E-state index contributed by atoms with van der Waals surface area (Å²) >= 11 is 12.9. The van der Waals surface area contributed by atoms with Crippen molar-refractivity contribution < 1.29 is 37.8 Å². The van der Waals surface area contributed by atoms with E-state index in [2.05, 4.69) is 0 Å². The molecule has 0 aliphatic rings. The van der Waals surface area contributed by atoms with Crippen LogP contribution in [0.5, 0.6) is 23.3 Å². The van der Waals surface area contributed by atoms with E-state index >= 15 is 0 Å². The number of hydrogen-bond acceptors (Lipinski definition) is 8. The maximum absolute atomic E-state index is 13.3. The molecule has 0 aliphatic heterocycles. The SMILES string of the molecule is COc1ccc(Cl)c2cc(O[B]Oc3cc4c(Cl)ccc(OC)c4n3C(=O)OC(C)(C)C)n(C(=O)OC(C)(C)C)c12. The Morgan fingerprint density at radius 2 is 1.05 bits per heavy atom. The molecule has 0 fully saturated rings. The van der Waals surface area contributed by atoms with Crippen LogP contribution in [0.15, 0.2) is 36.4 Å². The predicted molar refractivity (Wildman–Crippen MR) is 157 cm³/mol. The first-order valence-electron chi connectivity index (χ1n) is 12.5. The molecule has 2 heterocycles. The second kappa shape index (κ2) is 11.3. The predicted octanol–water partition coefficient (Wildman–Crippen LogP) is 7.48. The smallest absolute Gasteiger partial charge is 0.513 e. The second-order valence-electron chi connectivity index (χ2n) is 11.0. The van der Waals surface area contributed by atoms with E-state index in [0.717, 1.165) is 7.69 Å². The van der Waals surface area contributed by atoms with Gasteiger partial charge in [-0.15, -0.1) is 0 Å². The van der Waals surface area contributed by atoms with E-state index in [1.54, 1.807) is 77.9 Å². The fourth-order valence-electron chi connectivity index (χ4n) is 4.06. The van der Waals surface area contributed by atoms with Crippen molar-refractivity contribution in [2.75, 3.05) is 14.2 Å². The van der Waals surface area contributed by atoms with Gasteiger partial charge < -0.3 is 28.3 Å². The normalized spacial score (nSPS) is 11.9. The van der Waals surface area contributed by atoms with Gasteiger partial charge >= 0.3 is 19.9 Å². The highest BCUT2D eigenvalue weighted by Crippen LogP contribution is 2.39. The number of nitrogens with zero attached hydrogens (tertiary/aromatic N) is 2. The molecular weight excluding hydrogens is 574 g/mol. The van der Waals surface area contributed by atoms with Gasteiger partial charge in [-0.1, -0.05) is 23.2 Å². The largest absolute Gasteiger partial charge is 0.660 e. The Labute approximate surface area is 248 Å². The molecule has 1 radical (unpaired) electrons. The first-order valence-corrected chi connectivity index (χ1v) is 13.3. The molecule has 4 rings (SSSR count). The number of rotatable bonds is 6. The van der Waals surface area contributed by atoms with E-state index in [9.17, 15) is 9.59 Å². The van der Waals surface area contributed by atoms with Crippen molar-refractivity contribution in [1.29, 1.82) is 0 Å². The van der Waals surface area contributed by atoms with Crippen molar-refractivity contribution in [3.05, 3.63) is 46.4 Å². The summed E-state index contributed by atoms with van der Waals surface area (Å²) in [6.07, 6.45) is -1.45. The molecule has 0 spiro atoms. The standard InChI is InChI=1S/C28H30BCl2N2O8/c1-27(2,3)38-25(34)32-21(13-15-17(30)9-11-19(36-7)23(15)32)40-29-41-22-14-16-18(31)10-12-20(37-8)24(16)33(22)26(35)39-28(4,5)6/h9-14H,1-8H3. The first kappa shape index (κ1) is 30.3. The van der Waals surface area contributed by atoms with E-state index in [4.69, 9.17) is 51.5 Å². The molecule has 0 amide bonds. The molecule has 2 aromatic carbocycles. The zero-order valence-electron chi connectivity index (χ0n) is 24.0. The highest BCUT2D eigenvalue weighted by Gasteiger charge is 2.29. The van der Waals surface area contributed by atoms with Crippen LogP contribution in [0.1, 0.15) is 41.5 Å². The lowest BCUT2D eigenvalue weighted by Gasteiger charge is -2.21. The lowest BCUT2D eigenvalue weighted by Crippen LogP contribution is -2.29. The van der Waals surface area contributed by atoms with Crippen LogP contribution in [0.3, 0.4) is 0 Å². The number of halogens is 2. The molecule has 0 N–H and O–H groups in total. The number of fused-ring (bicyclic) bond motifs is 2. The van der Waals surface area contributed by atoms with E-state index < -0.39 is 23.4 Å². The third-order valence-electron chi connectivity index (χ3n) is 5.61. The first-order chi connectivity index (χ1) is 19.1. The molecule has 41 heavy (non-hydrogen) atoms. The summed E-state index contributed by atoms with van der Waals surface area (Å²) in [7, 11) is 3.91. The number of carbonyl (C=O) groups excluding carboxylic acids is 2. The lowest BCUT2D eigenvalue weighted by molar-refractivity contribution is 0.0527. The van der Waals surface area contributed by atoms with Crippen molar-refractivity contribution in [3.63, 3.8) is 0 Å². The van der Waals surface area contributed by atoms with Crippen molar-refractivity contribution in [3.8, 4) is 23.3 Å². The van der Waals surface area contributed by atoms with Crippen LogP contribution in [0, 0.1) is 0 Å². The zero-order valence-corrected chi connectivity index (χ0v) is 25.5. The summed E-state index contributed by atoms with van der Waals surface area (Å²) in [5.41, 5.74) is -0.915. The Morgan fingerprint density at radius 3 is 1.37 bits per heavy atom. The molecule has 4 aromatic rings. The summed E-state index contributed by atoms with van der Waals surface area (Å²) in [6.45, 7) is 10.4. The van der Waals surface area contributed by atoms with Crippen molar-refractivity contribution in [1.82, 2.24) is 9.13 Å². The van der Waals surface area contributed by atoms with Gasteiger partial charge in [0.2, 0.25) is 0 Å². The Morgan fingerprint density at radius 1 is 0.683 bits per heavy atom. The molecule has 0 aliphatic carbocycles. The summed E-state index contributed by atoms with van der Waals surface area (Å²) in [4.78, 5) is 26.6. The van der Waals surface area contributed by atoms with Crippen LogP contribution >= 0.6 is 23.2 Å². The van der Waals surface area contributed by atoms with Crippen LogP contribution in [0.2, 0.25) is 10.0 Å². The minimum absolute atomic E-state index is 0.0243. The average Bonchev–Trinajstić information content (AvgIpc) is 3.43. The van der Waals surface area contributed by atoms with Crippen LogP contribution in [-0.4, -0.2) is 54.4 Å². The number of methoxy groups -OCH3 is 2. The van der Waals surface area contributed by atoms with Crippen molar-refractivity contribution >= 4 is 64.9 Å². The fourth-order valence-corrected chi connectivity index (χ4v) is 4.48. The van der Waals surface area contributed by atoms with Gasteiger partial charge in [0.15, 0.2) is 11.8 Å². The van der Waals surface area contributed by atoms with Gasteiger partial charge in [-0.25, -0.2) is 18.7 Å². The van der Waals surface area contributed by atoms with E-state index in [-0.39, 0.29) is 11.8 Å². The Balaban J connectivity index is 1.75. The van der Waals surface area contributed by atoms with E-state index in [0.29, 0.717) is 43.4 Å². The molecule has 0 saturated heterocycles. The van der Waals surface area contributed by atoms with Gasteiger partial charge in [-0.3, -0.25) is 0 Å². The number of carbonyl (C=O) groups is 2. The van der Waals surface area contributed by atoms with Gasteiger partial charge in [0, 0.05) is 22.9 Å². The topological polar surface area (TPSA) is 99.4 Å². The molecule has 0 atom stereocenters. The number of benzene rings is 2. The van der Waals surface area contributed by atoms with Gasteiger partial charge in [0.25, 0.3) is 0 Å².